The molecule has 0 aromatic heterocycles. The lowest BCUT2D eigenvalue weighted by Gasteiger charge is -2.11. The molecule has 98 valence electrons. The second-order valence-electron chi connectivity index (χ2n) is 3.81. The Morgan fingerprint density at radius 1 is 1.39 bits per heavy atom. The number of carboxylic acid groups (broad SMARTS) is 1. The molecule has 6 heteroatoms. The molecule has 0 aliphatic heterocycles. The van der Waals surface area contributed by atoms with Gasteiger partial charge in [-0.25, -0.2) is 9.59 Å². The van der Waals surface area contributed by atoms with E-state index in [1.165, 1.54) is 6.07 Å². The number of rotatable bonds is 5. The number of anilines is 1. The molecule has 6 nitrogen and oxygen atoms in total. The average molecular weight is 251 g/mol. The number of benzene rings is 1. The van der Waals surface area contributed by atoms with Crippen LogP contribution in [0.25, 0.3) is 0 Å². The molecule has 0 spiro atoms. The predicted molar refractivity (Wildman–Crippen MR) is 68.8 cm³/mol. The van der Waals surface area contributed by atoms with E-state index >= 15 is 0 Å². The minimum atomic E-state index is -1.01. The molecule has 18 heavy (non-hydrogen) atoms. The first kappa shape index (κ1) is 14.0. The molecule has 0 aliphatic carbocycles. The van der Waals surface area contributed by atoms with Crippen molar-refractivity contribution in [2.75, 3.05) is 18.4 Å². The maximum atomic E-state index is 11.5. The standard InChI is InChI=1S/C12H17N3O3/c1-8-9(11(16)17)4-2-5-10(8)15-12(18)14-7-3-6-13/h2,4-5H,3,6-7,13H2,1H3,(H,16,17)(H2,14,15,18). The highest BCUT2D eigenvalue weighted by atomic mass is 16.4. The molecule has 0 fully saturated rings. The molecule has 1 aromatic carbocycles. The fourth-order valence-electron chi connectivity index (χ4n) is 1.47. The summed E-state index contributed by atoms with van der Waals surface area (Å²) in [5, 5.41) is 14.2. The fraction of sp³-hybridized carbons (Fsp3) is 0.333. The molecule has 5 N–H and O–H groups in total. The first-order chi connectivity index (χ1) is 8.56. The molecule has 1 aromatic rings. The van der Waals surface area contributed by atoms with Gasteiger partial charge < -0.3 is 21.5 Å². The van der Waals surface area contributed by atoms with Crippen molar-refractivity contribution in [2.24, 2.45) is 5.73 Å². The maximum absolute atomic E-state index is 11.5. The van der Waals surface area contributed by atoms with E-state index in [-0.39, 0.29) is 11.6 Å². The highest BCUT2D eigenvalue weighted by Gasteiger charge is 2.11. The topological polar surface area (TPSA) is 104 Å². The summed E-state index contributed by atoms with van der Waals surface area (Å²) in [6.07, 6.45) is 0.696. The number of aromatic carboxylic acids is 1. The van der Waals surface area contributed by atoms with Crippen LogP contribution in [0.5, 0.6) is 0 Å². The summed E-state index contributed by atoms with van der Waals surface area (Å²) in [5.41, 5.74) is 6.50. The first-order valence-electron chi connectivity index (χ1n) is 5.64. The van der Waals surface area contributed by atoms with Gasteiger partial charge in [-0.2, -0.15) is 0 Å². The van der Waals surface area contributed by atoms with E-state index in [2.05, 4.69) is 10.6 Å². The Balaban J connectivity index is 2.70. The van der Waals surface area contributed by atoms with Crippen molar-refractivity contribution < 1.29 is 14.7 Å². The van der Waals surface area contributed by atoms with Crippen LogP contribution >= 0.6 is 0 Å². The van der Waals surface area contributed by atoms with Crippen LogP contribution in [0.4, 0.5) is 10.5 Å². The Kier molecular flexibility index (Phi) is 5.13. The summed E-state index contributed by atoms with van der Waals surface area (Å²) < 4.78 is 0. The summed E-state index contributed by atoms with van der Waals surface area (Å²) >= 11 is 0. The van der Waals surface area contributed by atoms with Crippen molar-refractivity contribution in [3.63, 3.8) is 0 Å². The summed E-state index contributed by atoms with van der Waals surface area (Å²) in [7, 11) is 0. The van der Waals surface area contributed by atoms with Crippen molar-refractivity contribution >= 4 is 17.7 Å². The summed E-state index contributed by atoms with van der Waals surface area (Å²) in [5.74, 6) is -1.01. The zero-order valence-corrected chi connectivity index (χ0v) is 10.2. The van der Waals surface area contributed by atoms with Crippen molar-refractivity contribution in [3.05, 3.63) is 29.3 Å². The van der Waals surface area contributed by atoms with Gasteiger partial charge >= 0.3 is 12.0 Å². The maximum Gasteiger partial charge on any atom is 0.336 e. The molecule has 0 bridgehead atoms. The van der Waals surface area contributed by atoms with Gasteiger partial charge in [-0.3, -0.25) is 0 Å². The zero-order valence-electron chi connectivity index (χ0n) is 10.2. The van der Waals surface area contributed by atoms with E-state index in [1.54, 1.807) is 19.1 Å². The zero-order chi connectivity index (χ0) is 13.5. The molecule has 0 heterocycles. The average Bonchev–Trinajstić information content (AvgIpc) is 2.32. The van der Waals surface area contributed by atoms with Crippen LogP contribution in [0.1, 0.15) is 22.3 Å². The third-order valence-corrected chi connectivity index (χ3v) is 2.48. The van der Waals surface area contributed by atoms with E-state index in [0.29, 0.717) is 30.8 Å². The second kappa shape index (κ2) is 6.61. The molecule has 0 atom stereocenters. The van der Waals surface area contributed by atoms with Crippen molar-refractivity contribution in [2.45, 2.75) is 13.3 Å². The second-order valence-corrected chi connectivity index (χ2v) is 3.81. The number of carbonyl (C=O) groups excluding carboxylic acids is 1. The number of hydrogen-bond acceptors (Lipinski definition) is 3. The quantitative estimate of drug-likeness (QED) is 0.589. The van der Waals surface area contributed by atoms with Crippen molar-refractivity contribution in [1.82, 2.24) is 5.32 Å². The number of nitrogens with two attached hydrogens (primary N) is 1. The lowest BCUT2D eigenvalue weighted by atomic mass is 10.1. The van der Waals surface area contributed by atoms with Crippen LogP contribution in [0, 0.1) is 6.92 Å². The summed E-state index contributed by atoms with van der Waals surface area (Å²) in [6.45, 7) is 2.65. The minimum absolute atomic E-state index is 0.176. The third kappa shape index (κ3) is 3.74. The van der Waals surface area contributed by atoms with Crippen molar-refractivity contribution in [3.8, 4) is 0 Å². The van der Waals surface area contributed by atoms with Crippen LogP contribution in [0.3, 0.4) is 0 Å². The van der Waals surface area contributed by atoms with Crippen LogP contribution in [-0.4, -0.2) is 30.2 Å². The van der Waals surface area contributed by atoms with Gasteiger partial charge in [0.15, 0.2) is 0 Å². The van der Waals surface area contributed by atoms with E-state index in [9.17, 15) is 9.59 Å². The SMILES string of the molecule is Cc1c(NC(=O)NCCCN)cccc1C(=O)O. The number of hydrogen-bond donors (Lipinski definition) is 4. The summed E-state index contributed by atoms with van der Waals surface area (Å²) in [6, 6.07) is 4.37. The van der Waals surface area contributed by atoms with Gasteiger partial charge in [-0.1, -0.05) is 6.07 Å². The van der Waals surface area contributed by atoms with Crippen LogP contribution in [0.15, 0.2) is 18.2 Å². The Morgan fingerprint density at radius 3 is 2.72 bits per heavy atom. The smallest absolute Gasteiger partial charge is 0.336 e. The number of urea groups is 1. The van der Waals surface area contributed by atoms with Gasteiger partial charge in [-0.15, -0.1) is 0 Å². The number of carbonyl (C=O) groups is 2. The predicted octanol–water partition coefficient (Wildman–Crippen LogP) is 1.16. The Bertz CT molecular complexity index is 446. The van der Waals surface area contributed by atoms with Gasteiger partial charge in [0.05, 0.1) is 5.56 Å². The molecule has 0 unspecified atom stereocenters. The molecular weight excluding hydrogens is 234 g/mol. The highest BCUT2D eigenvalue weighted by molar-refractivity contribution is 5.95. The van der Waals surface area contributed by atoms with Gasteiger partial charge in [0, 0.05) is 12.2 Å². The number of amides is 2. The molecule has 0 saturated carbocycles. The minimum Gasteiger partial charge on any atom is -0.478 e. The molecule has 0 saturated heterocycles. The molecule has 0 radical (unpaired) electrons. The Labute approximate surface area is 105 Å². The third-order valence-electron chi connectivity index (χ3n) is 2.48. The van der Waals surface area contributed by atoms with Gasteiger partial charge in [-0.05, 0) is 37.6 Å². The monoisotopic (exact) mass is 251 g/mol. The van der Waals surface area contributed by atoms with Gasteiger partial charge in [0.25, 0.3) is 0 Å². The molecule has 1 rings (SSSR count). The fourth-order valence-corrected chi connectivity index (χ4v) is 1.47. The summed E-state index contributed by atoms with van der Waals surface area (Å²) in [4.78, 5) is 22.4. The largest absolute Gasteiger partial charge is 0.478 e. The van der Waals surface area contributed by atoms with Gasteiger partial charge in [0.1, 0.15) is 0 Å². The molecular formula is C12H17N3O3. The van der Waals surface area contributed by atoms with Crippen LogP contribution in [0.2, 0.25) is 0 Å². The van der Waals surface area contributed by atoms with E-state index in [0.717, 1.165) is 0 Å². The Morgan fingerprint density at radius 2 is 2.11 bits per heavy atom. The highest BCUT2D eigenvalue weighted by Crippen LogP contribution is 2.18. The van der Waals surface area contributed by atoms with Gasteiger partial charge in [0.2, 0.25) is 0 Å². The number of carboxylic acids is 1. The van der Waals surface area contributed by atoms with Crippen molar-refractivity contribution in [1.29, 1.82) is 0 Å². The van der Waals surface area contributed by atoms with E-state index in [1.807, 2.05) is 0 Å². The normalized spacial score (nSPS) is 9.89. The lowest BCUT2D eigenvalue weighted by molar-refractivity contribution is 0.0696. The van der Waals surface area contributed by atoms with E-state index in [4.69, 9.17) is 10.8 Å². The van der Waals surface area contributed by atoms with Crippen LogP contribution in [-0.2, 0) is 0 Å². The van der Waals surface area contributed by atoms with Crippen LogP contribution < -0.4 is 16.4 Å². The number of nitrogens with one attached hydrogen (secondary N) is 2. The first-order valence-corrected chi connectivity index (χ1v) is 5.64. The molecule has 2 amide bonds. The van der Waals surface area contributed by atoms with E-state index < -0.39 is 5.97 Å². The lowest BCUT2D eigenvalue weighted by Crippen LogP contribution is -2.30. The Hall–Kier alpha value is -2.08. The molecule has 0 aliphatic rings.